The standard InChI is InChI=1S/C22H18BrN3O3/c1-29-20-9-6-14-4-2-3-5-16(14)18(20)11-24-21(27)12-26-13-25-19-8-7-15(23)10-17(19)22(26)28/h2-10,13H,11-12H2,1H3,(H,24,27). The van der Waals surface area contributed by atoms with Crippen molar-refractivity contribution in [1.82, 2.24) is 14.9 Å². The molecular formula is C22H18BrN3O3. The maximum atomic E-state index is 12.7. The molecule has 0 saturated carbocycles. The van der Waals surface area contributed by atoms with Gasteiger partial charge in [-0.1, -0.05) is 46.3 Å². The Kier molecular flexibility index (Phi) is 5.31. The van der Waals surface area contributed by atoms with Gasteiger partial charge in [0.2, 0.25) is 5.91 Å². The summed E-state index contributed by atoms with van der Waals surface area (Å²) in [6.45, 7) is 0.187. The van der Waals surface area contributed by atoms with E-state index in [1.54, 1.807) is 19.2 Å². The lowest BCUT2D eigenvalue weighted by Gasteiger charge is -2.13. The Hall–Kier alpha value is -3.19. The van der Waals surface area contributed by atoms with Gasteiger partial charge in [-0.25, -0.2) is 4.98 Å². The molecule has 0 unspecified atom stereocenters. The third-order valence-corrected chi connectivity index (χ3v) is 5.27. The number of halogens is 1. The van der Waals surface area contributed by atoms with Gasteiger partial charge >= 0.3 is 0 Å². The Balaban J connectivity index is 1.56. The molecule has 1 N–H and O–H groups in total. The van der Waals surface area contributed by atoms with Crippen LogP contribution in [-0.2, 0) is 17.9 Å². The first-order chi connectivity index (χ1) is 14.1. The maximum absolute atomic E-state index is 12.7. The van der Waals surface area contributed by atoms with Crippen LogP contribution < -0.4 is 15.6 Å². The van der Waals surface area contributed by atoms with E-state index in [1.807, 2.05) is 42.5 Å². The molecule has 4 aromatic rings. The monoisotopic (exact) mass is 451 g/mol. The molecule has 146 valence electrons. The number of benzene rings is 3. The van der Waals surface area contributed by atoms with Gasteiger partial charge in [0.25, 0.3) is 5.56 Å². The summed E-state index contributed by atoms with van der Waals surface area (Å²) >= 11 is 3.36. The Bertz CT molecular complexity index is 1280. The van der Waals surface area contributed by atoms with Gasteiger partial charge in [-0.05, 0) is 35.0 Å². The third-order valence-electron chi connectivity index (χ3n) is 4.78. The average Bonchev–Trinajstić information content (AvgIpc) is 2.74. The summed E-state index contributed by atoms with van der Waals surface area (Å²) in [6.07, 6.45) is 1.40. The Morgan fingerprint density at radius 3 is 2.79 bits per heavy atom. The fourth-order valence-electron chi connectivity index (χ4n) is 3.33. The van der Waals surface area contributed by atoms with Crippen LogP contribution >= 0.6 is 15.9 Å². The molecule has 0 atom stereocenters. The number of rotatable bonds is 5. The summed E-state index contributed by atoms with van der Waals surface area (Å²) in [5.74, 6) is 0.427. The number of carbonyl (C=O) groups is 1. The van der Waals surface area contributed by atoms with E-state index in [2.05, 4.69) is 26.2 Å². The molecule has 1 amide bonds. The van der Waals surface area contributed by atoms with Crippen molar-refractivity contribution in [3.05, 3.63) is 81.3 Å². The summed E-state index contributed by atoms with van der Waals surface area (Å²) in [7, 11) is 1.61. The molecule has 6 nitrogen and oxygen atoms in total. The topological polar surface area (TPSA) is 73.2 Å². The van der Waals surface area contributed by atoms with Gasteiger partial charge in [0, 0.05) is 16.6 Å². The van der Waals surface area contributed by atoms with Crippen molar-refractivity contribution < 1.29 is 9.53 Å². The van der Waals surface area contributed by atoms with E-state index >= 15 is 0 Å². The van der Waals surface area contributed by atoms with E-state index in [0.717, 1.165) is 20.8 Å². The van der Waals surface area contributed by atoms with Crippen molar-refractivity contribution >= 4 is 43.5 Å². The molecule has 0 spiro atoms. The highest BCUT2D eigenvalue weighted by Gasteiger charge is 2.12. The van der Waals surface area contributed by atoms with Crippen molar-refractivity contribution in [3.63, 3.8) is 0 Å². The first kappa shape index (κ1) is 19.1. The van der Waals surface area contributed by atoms with Gasteiger partial charge < -0.3 is 10.1 Å². The van der Waals surface area contributed by atoms with Crippen LogP contribution in [0.1, 0.15) is 5.56 Å². The minimum atomic E-state index is -0.279. The fraction of sp³-hybridized carbons (Fsp3) is 0.136. The molecular weight excluding hydrogens is 434 g/mol. The number of nitrogens with one attached hydrogen (secondary N) is 1. The molecule has 0 bridgehead atoms. The summed E-state index contributed by atoms with van der Waals surface area (Å²) < 4.78 is 7.56. The minimum Gasteiger partial charge on any atom is -0.496 e. The van der Waals surface area contributed by atoms with E-state index in [1.165, 1.54) is 10.9 Å². The van der Waals surface area contributed by atoms with Crippen molar-refractivity contribution in [3.8, 4) is 5.75 Å². The number of amides is 1. The van der Waals surface area contributed by atoms with Crippen LogP contribution in [0.2, 0.25) is 0 Å². The van der Waals surface area contributed by atoms with Crippen LogP contribution in [-0.4, -0.2) is 22.6 Å². The zero-order valence-corrected chi connectivity index (χ0v) is 17.3. The molecule has 0 aliphatic heterocycles. The van der Waals surface area contributed by atoms with E-state index in [0.29, 0.717) is 23.2 Å². The number of aromatic nitrogens is 2. The summed E-state index contributed by atoms with van der Waals surface area (Å²) in [4.78, 5) is 29.5. The van der Waals surface area contributed by atoms with E-state index < -0.39 is 0 Å². The normalized spacial score (nSPS) is 11.0. The molecule has 0 fully saturated rings. The molecule has 29 heavy (non-hydrogen) atoms. The number of fused-ring (bicyclic) bond motifs is 2. The third kappa shape index (κ3) is 3.86. The van der Waals surface area contributed by atoms with E-state index in [4.69, 9.17) is 4.74 Å². The second-order valence-corrected chi connectivity index (χ2v) is 7.50. The second-order valence-electron chi connectivity index (χ2n) is 6.58. The molecule has 0 radical (unpaired) electrons. The van der Waals surface area contributed by atoms with Crippen molar-refractivity contribution in [2.45, 2.75) is 13.1 Å². The zero-order valence-electron chi connectivity index (χ0n) is 15.7. The van der Waals surface area contributed by atoms with Crippen molar-refractivity contribution in [2.24, 2.45) is 0 Å². The number of methoxy groups -OCH3 is 1. The predicted molar refractivity (Wildman–Crippen MR) is 116 cm³/mol. The van der Waals surface area contributed by atoms with Crippen molar-refractivity contribution in [2.75, 3.05) is 7.11 Å². The SMILES string of the molecule is COc1ccc2ccccc2c1CNC(=O)Cn1cnc2ccc(Br)cc2c1=O. The van der Waals surface area contributed by atoms with Crippen LogP contribution in [0.5, 0.6) is 5.75 Å². The van der Waals surface area contributed by atoms with Crippen molar-refractivity contribution in [1.29, 1.82) is 0 Å². The first-order valence-corrected chi connectivity index (χ1v) is 9.82. The zero-order chi connectivity index (χ0) is 20.4. The smallest absolute Gasteiger partial charge is 0.261 e. The van der Waals surface area contributed by atoms with Crippen LogP contribution in [0.25, 0.3) is 21.7 Å². The summed E-state index contributed by atoms with van der Waals surface area (Å²) in [5.41, 5.74) is 1.23. The number of hydrogen-bond acceptors (Lipinski definition) is 4. The van der Waals surface area contributed by atoms with Gasteiger partial charge in [-0.2, -0.15) is 0 Å². The minimum absolute atomic E-state index is 0.110. The molecule has 4 rings (SSSR count). The lowest BCUT2D eigenvalue weighted by molar-refractivity contribution is -0.121. The quantitative estimate of drug-likeness (QED) is 0.502. The number of nitrogens with zero attached hydrogens (tertiary/aromatic N) is 2. The van der Waals surface area contributed by atoms with Crippen LogP contribution in [0.15, 0.2) is 70.2 Å². The Morgan fingerprint density at radius 1 is 1.14 bits per heavy atom. The Labute approximate surface area is 175 Å². The largest absolute Gasteiger partial charge is 0.496 e. The molecule has 1 heterocycles. The summed E-state index contributed by atoms with van der Waals surface area (Å²) in [5, 5.41) is 5.43. The van der Waals surface area contributed by atoms with Gasteiger partial charge in [0.1, 0.15) is 12.3 Å². The highest BCUT2D eigenvalue weighted by atomic mass is 79.9. The maximum Gasteiger partial charge on any atom is 0.261 e. The van der Waals surface area contributed by atoms with Crippen LogP contribution in [0.4, 0.5) is 0 Å². The number of ether oxygens (including phenoxy) is 1. The lowest BCUT2D eigenvalue weighted by atomic mass is 10.0. The van der Waals surface area contributed by atoms with Gasteiger partial charge in [-0.3, -0.25) is 14.2 Å². The fourth-order valence-corrected chi connectivity index (χ4v) is 3.69. The van der Waals surface area contributed by atoms with E-state index in [-0.39, 0.29) is 18.0 Å². The molecule has 1 aromatic heterocycles. The number of carbonyl (C=O) groups excluding carboxylic acids is 1. The summed E-state index contributed by atoms with van der Waals surface area (Å²) in [6, 6.07) is 17.1. The second kappa shape index (κ2) is 8.05. The molecule has 0 aliphatic carbocycles. The van der Waals surface area contributed by atoms with Gasteiger partial charge in [0.15, 0.2) is 0 Å². The Morgan fingerprint density at radius 2 is 1.97 bits per heavy atom. The van der Waals surface area contributed by atoms with Gasteiger partial charge in [-0.15, -0.1) is 0 Å². The molecule has 0 aliphatic rings. The number of hydrogen-bond donors (Lipinski definition) is 1. The lowest BCUT2D eigenvalue weighted by Crippen LogP contribution is -2.32. The van der Waals surface area contributed by atoms with Crippen LogP contribution in [0, 0.1) is 0 Å². The first-order valence-electron chi connectivity index (χ1n) is 9.03. The van der Waals surface area contributed by atoms with Crippen LogP contribution in [0.3, 0.4) is 0 Å². The molecule has 3 aromatic carbocycles. The molecule has 7 heteroatoms. The highest BCUT2D eigenvalue weighted by molar-refractivity contribution is 9.10. The highest BCUT2D eigenvalue weighted by Crippen LogP contribution is 2.27. The van der Waals surface area contributed by atoms with Gasteiger partial charge in [0.05, 0.1) is 24.3 Å². The predicted octanol–water partition coefficient (Wildman–Crippen LogP) is 3.64. The van der Waals surface area contributed by atoms with E-state index in [9.17, 15) is 9.59 Å². The molecule has 0 saturated heterocycles. The average molecular weight is 452 g/mol.